The third kappa shape index (κ3) is 3.37. The van der Waals surface area contributed by atoms with Crippen LogP contribution in [0, 0.1) is 6.92 Å². The minimum atomic E-state index is -0.299. The topological polar surface area (TPSA) is 51.5 Å². The van der Waals surface area contributed by atoms with Gasteiger partial charge in [0.2, 0.25) is 0 Å². The molecule has 4 nitrogen and oxygen atoms in total. The van der Waals surface area contributed by atoms with Gasteiger partial charge < -0.3 is 14.5 Å². The van der Waals surface area contributed by atoms with E-state index in [1.165, 1.54) is 0 Å². The summed E-state index contributed by atoms with van der Waals surface area (Å²) in [7, 11) is 1.63. The van der Waals surface area contributed by atoms with Gasteiger partial charge in [0, 0.05) is 10.9 Å². The van der Waals surface area contributed by atoms with E-state index in [9.17, 15) is 4.79 Å². The molecule has 1 amide bonds. The first-order valence-electron chi connectivity index (χ1n) is 9.15. The molecule has 4 heteroatoms. The molecular formula is C24H21NO3. The highest BCUT2D eigenvalue weighted by molar-refractivity contribution is 5.99. The van der Waals surface area contributed by atoms with Gasteiger partial charge in [0.05, 0.1) is 13.2 Å². The third-order valence-electron chi connectivity index (χ3n) is 4.91. The Hall–Kier alpha value is -3.53. The summed E-state index contributed by atoms with van der Waals surface area (Å²) in [5.74, 6) is 0.879. The Labute approximate surface area is 163 Å². The molecule has 0 aliphatic heterocycles. The second kappa shape index (κ2) is 7.61. The zero-order valence-electron chi connectivity index (χ0n) is 15.8. The van der Waals surface area contributed by atoms with Crippen LogP contribution in [0.5, 0.6) is 5.75 Å². The van der Waals surface area contributed by atoms with Crippen molar-refractivity contribution in [1.82, 2.24) is 5.32 Å². The summed E-state index contributed by atoms with van der Waals surface area (Å²) >= 11 is 0. The Kier molecular flexibility index (Phi) is 4.85. The number of hydrogen-bond acceptors (Lipinski definition) is 3. The van der Waals surface area contributed by atoms with E-state index >= 15 is 0 Å². The molecule has 0 aliphatic carbocycles. The quantitative estimate of drug-likeness (QED) is 0.520. The van der Waals surface area contributed by atoms with Crippen molar-refractivity contribution in [3.05, 3.63) is 101 Å². The first-order valence-corrected chi connectivity index (χ1v) is 9.15. The summed E-state index contributed by atoms with van der Waals surface area (Å²) in [6.45, 7) is 1.91. The standard InChI is InChI=1S/C24H21NO3/c1-16-20-10-6-7-11-21(20)28-23(16)24(26)25-22(17-8-4-3-5-9-17)18-12-14-19(27-2)15-13-18/h3-15,22H,1-2H3,(H,25,26)/t22-/m1/s1. The van der Waals surface area contributed by atoms with E-state index in [0.29, 0.717) is 11.3 Å². The molecule has 4 aromatic rings. The minimum absolute atomic E-state index is 0.238. The van der Waals surface area contributed by atoms with Gasteiger partial charge in [-0.2, -0.15) is 0 Å². The van der Waals surface area contributed by atoms with Gasteiger partial charge in [-0.1, -0.05) is 60.7 Å². The number of rotatable bonds is 5. The van der Waals surface area contributed by atoms with Gasteiger partial charge in [0.1, 0.15) is 11.3 Å². The zero-order chi connectivity index (χ0) is 19.5. The van der Waals surface area contributed by atoms with E-state index in [-0.39, 0.29) is 11.9 Å². The number of benzene rings is 3. The predicted octanol–water partition coefficient (Wildman–Crippen LogP) is 5.27. The first kappa shape index (κ1) is 17.9. The van der Waals surface area contributed by atoms with Crippen LogP contribution < -0.4 is 10.1 Å². The Bertz CT molecular complexity index is 1100. The van der Waals surface area contributed by atoms with E-state index in [1.54, 1.807) is 7.11 Å². The highest BCUT2D eigenvalue weighted by Crippen LogP contribution is 2.28. The summed E-state index contributed by atoms with van der Waals surface area (Å²) in [5, 5.41) is 4.08. The molecule has 0 bridgehead atoms. The lowest BCUT2D eigenvalue weighted by molar-refractivity contribution is 0.0916. The van der Waals surface area contributed by atoms with Gasteiger partial charge in [-0.15, -0.1) is 0 Å². The SMILES string of the molecule is COc1ccc([C@H](NC(=O)c2oc3ccccc3c2C)c2ccccc2)cc1. The number of ether oxygens (including phenoxy) is 1. The highest BCUT2D eigenvalue weighted by atomic mass is 16.5. The van der Waals surface area contributed by atoms with Gasteiger partial charge >= 0.3 is 0 Å². The van der Waals surface area contributed by atoms with Crippen LogP contribution in [-0.2, 0) is 0 Å². The average molecular weight is 371 g/mol. The number of aryl methyl sites for hydroxylation is 1. The van der Waals surface area contributed by atoms with Crippen LogP contribution in [-0.4, -0.2) is 13.0 Å². The molecule has 1 N–H and O–H groups in total. The van der Waals surface area contributed by atoms with Crippen molar-refractivity contribution in [3.8, 4) is 5.75 Å². The molecule has 1 heterocycles. The normalized spacial score (nSPS) is 11.9. The Morgan fingerprint density at radius 3 is 2.21 bits per heavy atom. The molecule has 28 heavy (non-hydrogen) atoms. The zero-order valence-corrected chi connectivity index (χ0v) is 15.8. The molecule has 1 aromatic heterocycles. The van der Waals surface area contributed by atoms with Crippen molar-refractivity contribution in [2.75, 3.05) is 7.11 Å². The number of methoxy groups -OCH3 is 1. The van der Waals surface area contributed by atoms with Crippen LogP contribution >= 0.6 is 0 Å². The molecule has 0 fully saturated rings. The summed E-state index contributed by atoms with van der Waals surface area (Å²) in [5.41, 5.74) is 3.52. The molecule has 0 saturated heterocycles. The number of para-hydroxylation sites is 1. The molecule has 4 rings (SSSR count). The van der Waals surface area contributed by atoms with E-state index in [1.807, 2.05) is 85.8 Å². The fraction of sp³-hybridized carbons (Fsp3) is 0.125. The fourth-order valence-corrected chi connectivity index (χ4v) is 3.39. The van der Waals surface area contributed by atoms with Crippen LogP contribution in [0.1, 0.15) is 33.3 Å². The number of carbonyl (C=O) groups is 1. The van der Waals surface area contributed by atoms with Crippen molar-refractivity contribution >= 4 is 16.9 Å². The molecule has 0 spiro atoms. The molecule has 140 valence electrons. The van der Waals surface area contributed by atoms with Crippen molar-refractivity contribution in [2.45, 2.75) is 13.0 Å². The van der Waals surface area contributed by atoms with Gasteiger partial charge in [-0.25, -0.2) is 0 Å². The monoisotopic (exact) mass is 371 g/mol. The number of nitrogens with one attached hydrogen (secondary N) is 1. The van der Waals surface area contributed by atoms with E-state index in [2.05, 4.69) is 5.32 Å². The van der Waals surface area contributed by atoms with E-state index in [0.717, 1.165) is 27.8 Å². The van der Waals surface area contributed by atoms with Crippen molar-refractivity contribution < 1.29 is 13.9 Å². The third-order valence-corrected chi connectivity index (χ3v) is 4.91. The number of fused-ring (bicyclic) bond motifs is 1. The number of amides is 1. The molecular weight excluding hydrogens is 350 g/mol. The van der Waals surface area contributed by atoms with Gasteiger partial charge in [0.25, 0.3) is 5.91 Å². The van der Waals surface area contributed by atoms with Crippen LogP contribution in [0.2, 0.25) is 0 Å². The molecule has 0 aliphatic rings. The lowest BCUT2D eigenvalue weighted by Crippen LogP contribution is -2.29. The van der Waals surface area contributed by atoms with Crippen molar-refractivity contribution in [1.29, 1.82) is 0 Å². The highest BCUT2D eigenvalue weighted by Gasteiger charge is 2.22. The molecule has 0 unspecified atom stereocenters. The maximum atomic E-state index is 13.1. The van der Waals surface area contributed by atoms with Crippen LogP contribution in [0.3, 0.4) is 0 Å². The molecule has 0 radical (unpaired) electrons. The van der Waals surface area contributed by atoms with E-state index in [4.69, 9.17) is 9.15 Å². The predicted molar refractivity (Wildman–Crippen MR) is 110 cm³/mol. The first-order chi connectivity index (χ1) is 13.7. The van der Waals surface area contributed by atoms with Gasteiger partial charge in [-0.05, 0) is 36.2 Å². The fourth-order valence-electron chi connectivity index (χ4n) is 3.39. The van der Waals surface area contributed by atoms with Crippen molar-refractivity contribution in [3.63, 3.8) is 0 Å². The molecule has 0 saturated carbocycles. The Balaban J connectivity index is 1.70. The average Bonchev–Trinajstić information content (AvgIpc) is 3.09. The summed E-state index contributed by atoms with van der Waals surface area (Å²) < 4.78 is 11.1. The van der Waals surface area contributed by atoms with E-state index < -0.39 is 0 Å². The number of hydrogen-bond donors (Lipinski definition) is 1. The van der Waals surface area contributed by atoms with Crippen LogP contribution in [0.15, 0.2) is 83.3 Å². The van der Waals surface area contributed by atoms with Crippen LogP contribution in [0.25, 0.3) is 11.0 Å². The maximum Gasteiger partial charge on any atom is 0.288 e. The second-order valence-electron chi connectivity index (χ2n) is 6.64. The summed E-state index contributed by atoms with van der Waals surface area (Å²) in [6, 6.07) is 25.0. The van der Waals surface area contributed by atoms with Gasteiger partial charge in [-0.3, -0.25) is 4.79 Å². The second-order valence-corrected chi connectivity index (χ2v) is 6.64. The maximum absolute atomic E-state index is 13.1. The minimum Gasteiger partial charge on any atom is -0.497 e. The molecule has 3 aromatic carbocycles. The lowest BCUT2D eigenvalue weighted by Gasteiger charge is -2.20. The largest absolute Gasteiger partial charge is 0.497 e. The van der Waals surface area contributed by atoms with Crippen LogP contribution in [0.4, 0.5) is 0 Å². The summed E-state index contributed by atoms with van der Waals surface area (Å²) in [6.07, 6.45) is 0. The molecule has 1 atom stereocenters. The summed E-state index contributed by atoms with van der Waals surface area (Å²) in [4.78, 5) is 13.1. The number of furan rings is 1. The smallest absolute Gasteiger partial charge is 0.288 e. The Morgan fingerprint density at radius 1 is 0.893 bits per heavy atom. The Morgan fingerprint density at radius 2 is 1.54 bits per heavy atom. The lowest BCUT2D eigenvalue weighted by atomic mass is 9.98. The van der Waals surface area contributed by atoms with Crippen molar-refractivity contribution in [2.24, 2.45) is 0 Å². The number of carbonyl (C=O) groups excluding carboxylic acids is 1. The van der Waals surface area contributed by atoms with Gasteiger partial charge in [0.15, 0.2) is 5.76 Å².